The quantitative estimate of drug-likeness (QED) is 0.501. The fourth-order valence-electron chi connectivity index (χ4n) is 1.47. The summed E-state index contributed by atoms with van der Waals surface area (Å²) in [6.07, 6.45) is 0. The first-order valence-corrected chi connectivity index (χ1v) is 10.7. The number of hydrogen-bond donors (Lipinski definition) is 3. The second kappa shape index (κ2) is 9.05. The summed E-state index contributed by atoms with van der Waals surface area (Å²) in [7, 11) is 0. The van der Waals surface area contributed by atoms with E-state index in [0.29, 0.717) is 17.2 Å². The molecule has 0 aromatic heterocycles. The molecule has 3 amide bonds. The molecule has 0 aliphatic heterocycles. The summed E-state index contributed by atoms with van der Waals surface area (Å²) in [5.41, 5.74) is 2.44. The van der Waals surface area contributed by atoms with Crippen LogP contribution in [0.3, 0.4) is 0 Å². The monoisotopic (exact) mass is 373 g/mol. The minimum Gasteiger partial charge on any atom is -0.309 e. The number of imide groups is 1. The average molecular weight is 373 g/mol. The van der Waals surface area contributed by atoms with Crippen molar-refractivity contribution in [2.45, 2.75) is 20.8 Å². The number of carbonyl (C=O) groups is 2. The van der Waals surface area contributed by atoms with Gasteiger partial charge >= 0.3 is 12.7 Å². The Morgan fingerprint density at radius 1 is 1.30 bits per heavy atom. The van der Waals surface area contributed by atoms with E-state index in [1.54, 1.807) is 24.3 Å². The van der Waals surface area contributed by atoms with Crippen LogP contribution in [-0.4, -0.2) is 23.2 Å². The van der Waals surface area contributed by atoms with E-state index >= 15 is 0 Å². The maximum atomic E-state index is 12.6. The largest absolute Gasteiger partial charge is 0.329 e. The van der Waals surface area contributed by atoms with Gasteiger partial charge < -0.3 is 5.09 Å². The number of thiocarbonyl (C=S) groups is 1. The lowest BCUT2D eigenvalue weighted by Gasteiger charge is -2.19. The van der Waals surface area contributed by atoms with Crippen LogP contribution in [-0.2, 0) is 4.57 Å². The fraction of sp³-hybridized carbons (Fsp3) is 0.357. The molecule has 0 fully saturated rings. The zero-order chi connectivity index (χ0) is 17.5. The molecule has 0 bridgehead atoms. The van der Waals surface area contributed by atoms with Gasteiger partial charge in [0.15, 0.2) is 0 Å². The van der Waals surface area contributed by atoms with Gasteiger partial charge in [-0.2, -0.15) is 0 Å². The summed E-state index contributed by atoms with van der Waals surface area (Å²) in [5, 5.41) is 6.95. The topological polar surface area (TPSA) is 87.3 Å². The molecule has 23 heavy (non-hydrogen) atoms. The van der Waals surface area contributed by atoms with Crippen LogP contribution in [0.15, 0.2) is 24.3 Å². The van der Waals surface area contributed by atoms with Crippen molar-refractivity contribution in [1.29, 1.82) is 0 Å². The highest BCUT2D eigenvalue weighted by Gasteiger charge is 2.25. The van der Waals surface area contributed by atoms with E-state index in [4.69, 9.17) is 0 Å². The van der Waals surface area contributed by atoms with E-state index in [-0.39, 0.29) is 0 Å². The smallest absolute Gasteiger partial charge is 0.309 e. The predicted molar refractivity (Wildman–Crippen MR) is 98.9 cm³/mol. The van der Waals surface area contributed by atoms with Crippen molar-refractivity contribution >= 4 is 47.7 Å². The van der Waals surface area contributed by atoms with Gasteiger partial charge in [0.1, 0.15) is 0 Å². The summed E-state index contributed by atoms with van der Waals surface area (Å²) >= 11 is 5.72. The number of aryl methyl sites for hydroxylation is 1. The Kier molecular flexibility index (Phi) is 7.75. The van der Waals surface area contributed by atoms with Crippen LogP contribution in [0.4, 0.5) is 4.79 Å². The Labute approximate surface area is 145 Å². The SMILES string of the molecule is Cc1ccc(C(=O)NC(=O)NP(=O)(NC=S)SCC(C)C)cc1. The molecule has 6 nitrogen and oxygen atoms in total. The van der Waals surface area contributed by atoms with Gasteiger partial charge in [-0.1, -0.05) is 55.1 Å². The van der Waals surface area contributed by atoms with Gasteiger partial charge in [0, 0.05) is 11.3 Å². The minimum absolute atomic E-state index is 0.291. The second-order valence-corrected chi connectivity index (χ2v) is 9.98. The first-order valence-electron chi connectivity index (χ1n) is 6.92. The van der Waals surface area contributed by atoms with Crippen molar-refractivity contribution < 1.29 is 14.2 Å². The van der Waals surface area contributed by atoms with Crippen LogP contribution in [0.25, 0.3) is 0 Å². The van der Waals surface area contributed by atoms with Gasteiger partial charge in [-0.3, -0.25) is 19.8 Å². The number of hydrogen-bond acceptors (Lipinski definition) is 5. The Bertz CT molecular complexity index is 620. The molecule has 126 valence electrons. The molecular weight excluding hydrogens is 353 g/mol. The third kappa shape index (κ3) is 7.16. The van der Waals surface area contributed by atoms with Crippen LogP contribution in [0.1, 0.15) is 29.8 Å². The van der Waals surface area contributed by atoms with Gasteiger partial charge in [0.2, 0.25) is 0 Å². The van der Waals surface area contributed by atoms with Crippen LogP contribution in [0.2, 0.25) is 0 Å². The maximum Gasteiger partial charge on any atom is 0.329 e. The van der Waals surface area contributed by atoms with Crippen molar-refractivity contribution in [3.05, 3.63) is 35.4 Å². The summed E-state index contributed by atoms with van der Waals surface area (Å²) in [6, 6.07) is 5.92. The number of nitrogens with one attached hydrogen (secondary N) is 3. The lowest BCUT2D eigenvalue weighted by atomic mass is 10.1. The van der Waals surface area contributed by atoms with E-state index in [2.05, 4.69) is 27.7 Å². The average Bonchev–Trinajstić information content (AvgIpc) is 2.46. The summed E-state index contributed by atoms with van der Waals surface area (Å²) < 4.78 is 12.6. The molecule has 0 saturated carbocycles. The lowest BCUT2D eigenvalue weighted by molar-refractivity contribution is 0.0965. The molecule has 0 saturated heterocycles. The van der Waals surface area contributed by atoms with E-state index in [9.17, 15) is 14.2 Å². The second-order valence-electron chi connectivity index (χ2n) is 5.25. The minimum atomic E-state index is -3.29. The van der Waals surface area contributed by atoms with E-state index in [0.717, 1.165) is 22.4 Å². The van der Waals surface area contributed by atoms with Crippen molar-refractivity contribution in [1.82, 2.24) is 15.5 Å². The van der Waals surface area contributed by atoms with Crippen molar-refractivity contribution in [2.75, 3.05) is 5.75 Å². The van der Waals surface area contributed by atoms with Crippen molar-refractivity contribution in [2.24, 2.45) is 5.92 Å². The fourth-order valence-corrected chi connectivity index (χ4v) is 5.63. The summed E-state index contributed by atoms with van der Waals surface area (Å²) in [4.78, 5) is 23.9. The molecule has 1 aromatic rings. The zero-order valence-corrected chi connectivity index (χ0v) is 15.7. The highest BCUT2D eigenvalue weighted by atomic mass is 32.7. The number of carbonyl (C=O) groups excluding carboxylic acids is 2. The van der Waals surface area contributed by atoms with Gasteiger partial charge in [-0.05, 0) is 25.0 Å². The van der Waals surface area contributed by atoms with Crippen molar-refractivity contribution in [3.8, 4) is 0 Å². The first kappa shape index (κ1) is 19.7. The number of urea groups is 1. The van der Waals surface area contributed by atoms with E-state index < -0.39 is 18.6 Å². The Morgan fingerprint density at radius 3 is 2.43 bits per heavy atom. The highest BCUT2D eigenvalue weighted by molar-refractivity contribution is 8.57. The molecule has 0 aliphatic carbocycles. The van der Waals surface area contributed by atoms with Crippen molar-refractivity contribution in [3.63, 3.8) is 0 Å². The van der Waals surface area contributed by atoms with Crippen LogP contribution in [0, 0.1) is 12.8 Å². The van der Waals surface area contributed by atoms with E-state index in [1.807, 2.05) is 20.8 Å². The molecular formula is C14H20N3O3PS2. The molecule has 0 heterocycles. The van der Waals surface area contributed by atoms with Crippen LogP contribution >= 0.6 is 30.2 Å². The first-order chi connectivity index (χ1) is 10.8. The molecule has 1 aromatic carbocycles. The molecule has 0 aliphatic rings. The van der Waals surface area contributed by atoms with Crippen LogP contribution < -0.4 is 15.5 Å². The Balaban J connectivity index is 2.68. The number of amides is 3. The lowest BCUT2D eigenvalue weighted by Crippen LogP contribution is -2.39. The number of benzene rings is 1. The third-order valence-corrected chi connectivity index (χ3v) is 7.17. The van der Waals surface area contributed by atoms with Crippen LogP contribution in [0.5, 0.6) is 0 Å². The molecule has 1 rings (SSSR count). The normalized spacial score (nSPS) is 13.0. The Morgan fingerprint density at radius 2 is 1.91 bits per heavy atom. The van der Waals surface area contributed by atoms with Gasteiger partial charge in [-0.15, -0.1) is 0 Å². The highest BCUT2D eigenvalue weighted by Crippen LogP contribution is 2.50. The molecule has 1 unspecified atom stereocenters. The summed E-state index contributed by atoms with van der Waals surface area (Å²) in [5.74, 6) is 0.296. The van der Waals surface area contributed by atoms with E-state index in [1.165, 1.54) is 0 Å². The summed E-state index contributed by atoms with van der Waals surface area (Å²) in [6.45, 7) is 2.54. The van der Waals surface area contributed by atoms with Gasteiger partial charge in [0.05, 0.1) is 5.49 Å². The van der Waals surface area contributed by atoms with Gasteiger partial charge in [0.25, 0.3) is 5.91 Å². The molecule has 0 spiro atoms. The Hall–Kier alpha value is -1.37. The molecule has 0 radical (unpaired) electrons. The number of rotatable bonds is 7. The predicted octanol–water partition coefficient (Wildman–Crippen LogP) is 3.48. The molecule has 3 N–H and O–H groups in total. The zero-order valence-electron chi connectivity index (χ0n) is 13.2. The third-order valence-electron chi connectivity index (χ3n) is 2.60. The molecule has 9 heteroatoms. The standard InChI is InChI=1S/C14H20N3O3PS2/c1-10(2)8-23-21(20,15-9-22)17-14(19)16-13(18)12-6-4-11(3)5-7-12/h4-7,9-10H,8H2,1-3H3,(H3,15,16,17,18,19,20,22). The van der Waals surface area contributed by atoms with Gasteiger partial charge in [-0.25, -0.2) is 4.79 Å². The molecule has 1 atom stereocenters. The maximum absolute atomic E-state index is 12.6.